The Balaban J connectivity index is 1.37. The Labute approximate surface area is 194 Å². The van der Waals surface area contributed by atoms with Crippen molar-refractivity contribution in [2.24, 2.45) is 28.6 Å². The summed E-state index contributed by atoms with van der Waals surface area (Å²) < 4.78 is 5.00. The number of carbonyl (C=O) groups excluding carboxylic acids is 2. The van der Waals surface area contributed by atoms with Gasteiger partial charge in [-0.2, -0.15) is 0 Å². The summed E-state index contributed by atoms with van der Waals surface area (Å²) in [4.78, 5) is 30.9. The highest BCUT2D eigenvalue weighted by atomic mass is 32.1. The standard InChI is InChI=1S/C25H35N3O3S/c1-5-31-23(30)27-22-26-19(14-32-22)18-8-7-16-15-6-9-20-25(3,13-11-21(29)28(20)4)17(15)10-12-24(16,18)2/h11,13-18,20H,5-10,12H2,1-4H3,(H,26,27,30)/t15-,16-,17+,18?,20?,24-,25+/m0/s1. The minimum Gasteiger partial charge on any atom is -0.450 e. The number of thiazole rings is 1. The lowest BCUT2D eigenvalue weighted by atomic mass is 9.47. The molecular formula is C25H35N3O3S. The number of aromatic nitrogens is 1. The van der Waals surface area contributed by atoms with Gasteiger partial charge in [0.05, 0.1) is 12.3 Å². The summed E-state index contributed by atoms with van der Waals surface area (Å²) in [7, 11) is 1.98. The fraction of sp³-hybridized carbons (Fsp3) is 0.720. The van der Waals surface area contributed by atoms with E-state index in [9.17, 15) is 9.59 Å². The zero-order valence-electron chi connectivity index (χ0n) is 19.6. The van der Waals surface area contributed by atoms with Crippen molar-refractivity contribution >= 4 is 28.5 Å². The summed E-state index contributed by atoms with van der Waals surface area (Å²) >= 11 is 1.50. The number of hydrogen-bond acceptors (Lipinski definition) is 5. The van der Waals surface area contributed by atoms with Crippen LogP contribution < -0.4 is 5.32 Å². The maximum absolute atomic E-state index is 12.3. The highest BCUT2D eigenvalue weighted by Crippen LogP contribution is 2.67. The maximum Gasteiger partial charge on any atom is 0.413 e. The van der Waals surface area contributed by atoms with Gasteiger partial charge in [0, 0.05) is 29.8 Å². The molecule has 0 aromatic carbocycles. The molecule has 0 spiro atoms. The van der Waals surface area contributed by atoms with E-state index < -0.39 is 6.09 Å². The lowest BCUT2D eigenvalue weighted by molar-refractivity contribution is -0.138. The molecule has 7 atom stereocenters. The fourth-order valence-electron chi connectivity index (χ4n) is 7.98. The number of fused-ring (bicyclic) bond motifs is 5. The number of anilines is 1. The van der Waals surface area contributed by atoms with Gasteiger partial charge in [0.25, 0.3) is 0 Å². The first-order valence-electron chi connectivity index (χ1n) is 12.1. The van der Waals surface area contributed by atoms with Crippen LogP contribution in [0.1, 0.15) is 70.9 Å². The van der Waals surface area contributed by atoms with Gasteiger partial charge in [-0.25, -0.2) is 9.78 Å². The van der Waals surface area contributed by atoms with Crippen LogP contribution in [0.5, 0.6) is 0 Å². The van der Waals surface area contributed by atoms with E-state index in [0.717, 1.165) is 12.1 Å². The SMILES string of the molecule is CCOC(=O)Nc1nc(C2CC[C@H]3[C@@H]4CCC5N(C)C(=O)C=C[C@]5(C)[C@@H]4CC[C@]23C)cs1. The summed E-state index contributed by atoms with van der Waals surface area (Å²) in [6, 6.07) is 0.331. The molecule has 7 heteroatoms. The van der Waals surface area contributed by atoms with Crippen molar-refractivity contribution in [1.82, 2.24) is 9.88 Å². The summed E-state index contributed by atoms with van der Waals surface area (Å²) in [6.45, 7) is 7.05. The third-order valence-corrected chi connectivity index (χ3v) is 10.3. The van der Waals surface area contributed by atoms with E-state index in [1.807, 2.05) is 18.0 Å². The quantitative estimate of drug-likeness (QED) is 0.656. The van der Waals surface area contributed by atoms with E-state index in [1.165, 1.54) is 43.4 Å². The number of hydrogen-bond donors (Lipinski definition) is 1. The smallest absolute Gasteiger partial charge is 0.413 e. The Bertz CT molecular complexity index is 945. The molecule has 2 heterocycles. The van der Waals surface area contributed by atoms with Crippen LogP contribution in [0, 0.1) is 28.6 Å². The predicted octanol–water partition coefficient (Wildman–Crippen LogP) is 5.43. The van der Waals surface area contributed by atoms with Crippen LogP contribution in [-0.4, -0.2) is 41.6 Å². The molecular weight excluding hydrogens is 422 g/mol. The Kier molecular flexibility index (Phi) is 5.38. The highest BCUT2D eigenvalue weighted by Gasteiger charge is 2.60. The maximum atomic E-state index is 12.3. The molecule has 0 radical (unpaired) electrons. The number of carbonyl (C=O) groups is 2. The predicted molar refractivity (Wildman–Crippen MR) is 126 cm³/mol. The summed E-state index contributed by atoms with van der Waals surface area (Å²) in [5.74, 6) is 2.65. The first-order valence-corrected chi connectivity index (χ1v) is 13.0. The zero-order valence-corrected chi connectivity index (χ0v) is 20.4. The second-order valence-electron chi connectivity index (χ2n) is 10.7. The molecule has 5 rings (SSSR count). The van der Waals surface area contributed by atoms with E-state index in [-0.39, 0.29) is 16.7 Å². The van der Waals surface area contributed by atoms with Crippen molar-refractivity contribution in [2.75, 3.05) is 19.0 Å². The van der Waals surface area contributed by atoms with Gasteiger partial charge < -0.3 is 9.64 Å². The molecule has 3 fully saturated rings. The second kappa shape index (κ2) is 7.86. The van der Waals surface area contributed by atoms with Crippen molar-refractivity contribution < 1.29 is 14.3 Å². The van der Waals surface area contributed by atoms with Gasteiger partial charge in [-0.05, 0) is 74.7 Å². The van der Waals surface area contributed by atoms with E-state index in [0.29, 0.717) is 41.5 Å². The van der Waals surface area contributed by atoms with Crippen LogP contribution in [-0.2, 0) is 9.53 Å². The van der Waals surface area contributed by atoms with Crippen LogP contribution in [0.4, 0.5) is 9.93 Å². The van der Waals surface area contributed by atoms with Gasteiger partial charge >= 0.3 is 6.09 Å². The van der Waals surface area contributed by atoms with Gasteiger partial charge in [-0.3, -0.25) is 10.1 Å². The highest BCUT2D eigenvalue weighted by molar-refractivity contribution is 7.13. The van der Waals surface area contributed by atoms with Crippen LogP contribution >= 0.6 is 11.3 Å². The average molecular weight is 458 g/mol. The van der Waals surface area contributed by atoms with Crippen LogP contribution in [0.3, 0.4) is 0 Å². The van der Waals surface area contributed by atoms with Gasteiger partial charge in [0.2, 0.25) is 5.91 Å². The van der Waals surface area contributed by atoms with Crippen molar-refractivity contribution in [3.63, 3.8) is 0 Å². The largest absolute Gasteiger partial charge is 0.450 e. The molecule has 6 nitrogen and oxygen atoms in total. The Morgan fingerprint density at radius 1 is 1.25 bits per heavy atom. The van der Waals surface area contributed by atoms with Crippen LogP contribution in [0.25, 0.3) is 0 Å². The first-order chi connectivity index (χ1) is 15.3. The van der Waals surface area contributed by atoms with Crippen molar-refractivity contribution in [1.29, 1.82) is 0 Å². The lowest BCUT2D eigenvalue weighted by Gasteiger charge is -2.60. The molecule has 174 valence electrons. The number of nitrogens with one attached hydrogen (secondary N) is 1. The minimum absolute atomic E-state index is 0.0857. The molecule has 3 aliphatic carbocycles. The van der Waals surface area contributed by atoms with Crippen molar-refractivity contribution in [2.45, 2.75) is 71.3 Å². The average Bonchev–Trinajstić information content (AvgIpc) is 3.34. The van der Waals surface area contributed by atoms with E-state index in [2.05, 4.69) is 30.6 Å². The third-order valence-electron chi connectivity index (χ3n) is 9.49. The van der Waals surface area contributed by atoms with E-state index >= 15 is 0 Å². The topological polar surface area (TPSA) is 71.5 Å². The van der Waals surface area contributed by atoms with Gasteiger partial charge in [0.15, 0.2) is 5.13 Å². The molecule has 3 saturated carbocycles. The molecule has 0 saturated heterocycles. The number of nitrogens with zero attached hydrogens (tertiary/aromatic N) is 2. The molecule has 2 unspecified atom stereocenters. The zero-order chi connectivity index (χ0) is 22.7. The Morgan fingerprint density at radius 2 is 2.06 bits per heavy atom. The normalized spacial score (nSPS) is 40.4. The number of rotatable bonds is 3. The number of likely N-dealkylation sites (N-methyl/N-ethyl adjacent to an activating group) is 1. The van der Waals surface area contributed by atoms with Crippen molar-refractivity contribution in [3.05, 3.63) is 23.2 Å². The number of ether oxygens (including phenoxy) is 1. The van der Waals surface area contributed by atoms with Gasteiger partial charge in [0.1, 0.15) is 0 Å². The minimum atomic E-state index is -0.432. The number of amides is 2. The van der Waals surface area contributed by atoms with E-state index in [1.54, 1.807) is 6.92 Å². The molecule has 32 heavy (non-hydrogen) atoms. The van der Waals surface area contributed by atoms with E-state index in [4.69, 9.17) is 9.72 Å². The summed E-state index contributed by atoms with van der Waals surface area (Å²) in [5.41, 5.74) is 1.47. The monoisotopic (exact) mass is 457 g/mol. The van der Waals surface area contributed by atoms with Gasteiger partial charge in [-0.1, -0.05) is 19.9 Å². The van der Waals surface area contributed by atoms with Crippen LogP contribution in [0.2, 0.25) is 0 Å². The Morgan fingerprint density at radius 3 is 2.84 bits per heavy atom. The molecule has 0 bridgehead atoms. The molecule has 1 aromatic heterocycles. The molecule has 2 amide bonds. The molecule has 1 aromatic rings. The lowest BCUT2D eigenvalue weighted by Crippen LogP contribution is -2.59. The fourth-order valence-corrected chi connectivity index (χ4v) is 8.73. The second-order valence-corrected chi connectivity index (χ2v) is 11.6. The first kappa shape index (κ1) is 21.9. The summed E-state index contributed by atoms with van der Waals surface area (Å²) in [6.07, 6.45) is 10.8. The molecule has 1 N–H and O–H groups in total. The third kappa shape index (κ3) is 3.22. The summed E-state index contributed by atoms with van der Waals surface area (Å²) in [5, 5.41) is 5.53. The molecule has 1 aliphatic heterocycles. The molecule has 4 aliphatic rings. The van der Waals surface area contributed by atoms with Gasteiger partial charge in [-0.15, -0.1) is 11.3 Å². The van der Waals surface area contributed by atoms with Crippen molar-refractivity contribution in [3.8, 4) is 0 Å². The Hall–Kier alpha value is -1.89. The van der Waals surface area contributed by atoms with Crippen LogP contribution in [0.15, 0.2) is 17.5 Å².